The van der Waals surface area contributed by atoms with Crippen molar-refractivity contribution >= 4 is 22.8 Å². The van der Waals surface area contributed by atoms with Gasteiger partial charge in [-0.3, -0.25) is 0 Å². The van der Waals surface area contributed by atoms with Gasteiger partial charge in [-0.2, -0.15) is 5.10 Å². The molecule has 21 heavy (non-hydrogen) atoms. The Bertz CT molecular complexity index is 594. The first-order valence-electron chi connectivity index (χ1n) is 7.98. The molecule has 0 aromatic carbocycles. The number of anilines is 1. The summed E-state index contributed by atoms with van der Waals surface area (Å²) in [5, 5.41) is 9.23. The average Bonchev–Trinajstić information content (AvgIpc) is 2.91. The van der Waals surface area contributed by atoms with Gasteiger partial charge >= 0.3 is 0 Å². The van der Waals surface area contributed by atoms with Crippen molar-refractivity contribution in [2.75, 3.05) is 5.32 Å². The Morgan fingerprint density at radius 3 is 2.52 bits per heavy atom. The predicted molar refractivity (Wildman–Crippen MR) is 90.5 cm³/mol. The summed E-state index contributed by atoms with van der Waals surface area (Å²) in [6.45, 7) is 11.3. The number of nitrogens with zero attached hydrogens (tertiary/aromatic N) is 3. The van der Waals surface area contributed by atoms with E-state index < -0.39 is 0 Å². The van der Waals surface area contributed by atoms with Crippen LogP contribution in [0.3, 0.4) is 0 Å². The second-order valence-electron chi connectivity index (χ2n) is 5.41. The second kappa shape index (κ2) is 7.25. The minimum atomic E-state index is 0.495. The van der Waals surface area contributed by atoms with E-state index in [9.17, 15) is 0 Å². The molecule has 2 aromatic heterocycles. The molecule has 2 rings (SSSR count). The first-order chi connectivity index (χ1) is 10.2. The van der Waals surface area contributed by atoms with Gasteiger partial charge in [0.2, 0.25) is 0 Å². The molecule has 0 aliphatic carbocycles. The van der Waals surface area contributed by atoms with Crippen LogP contribution in [-0.4, -0.2) is 20.8 Å². The lowest BCUT2D eigenvalue weighted by Gasteiger charge is -2.20. The molecule has 0 spiro atoms. The summed E-state index contributed by atoms with van der Waals surface area (Å²) in [6.07, 6.45) is 10.4. The topological polar surface area (TPSA) is 42.7 Å². The van der Waals surface area contributed by atoms with E-state index in [4.69, 9.17) is 0 Å². The maximum absolute atomic E-state index is 4.53. The van der Waals surface area contributed by atoms with E-state index in [0.717, 1.165) is 28.8 Å². The van der Waals surface area contributed by atoms with Gasteiger partial charge in [-0.15, -0.1) is 0 Å². The van der Waals surface area contributed by atoms with E-state index in [0.29, 0.717) is 6.04 Å². The number of rotatable bonds is 8. The Morgan fingerprint density at radius 2 is 1.95 bits per heavy atom. The van der Waals surface area contributed by atoms with Gasteiger partial charge in [-0.05, 0) is 19.8 Å². The molecule has 0 aliphatic rings. The van der Waals surface area contributed by atoms with E-state index in [2.05, 4.69) is 42.7 Å². The maximum Gasteiger partial charge on any atom is 0.159 e. The van der Waals surface area contributed by atoms with E-state index in [1.165, 1.54) is 25.7 Å². The van der Waals surface area contributed by atoms with Crippen molar-refractivity contribution in [1.82, 2.24) is 14.8 Å². The fourth-order valence-corrected chi connectivity index (χ4v) is 2.78. The van der Waals surface area contributed by atoms with Crippen molar-refractivity contribution in [3.8, 4) is 0 Å². The van der Waals surface area contributed by atoms with Crippen molar-refractivity contribution in [3.05, 3.63) is 24.5 Å². The molecule has 0 saturated carbocycles. The quantitative estimate of drug-likeness (QED) is 0.778. The molecule has 0 aliphatic heterocycles. The molecule has 0 bridgehead atoms. The van der Waals surface area contributed by atoms with Crippen LogP contribution in [0.5, 0.6) is 0 Å². The molecular formula is C17H26N4. The Kier molecular flexibility index (Phi) is 5.37. The average molecular weight is 286 g/mol. The lowest BCUT2D eigenvalue weighted by Crippen LogP contribution is -2.19. The van der Waals surface area contributed by atoms with Crippen LogP contribution in [0.25, 0.3) is 17.1 Å². The van der Waals surface area contributed by atoms with E-state index in [1.807, 2.05) is 23.2 Å². The fraction of sp³-hybridized carbons (Fsp3) is 0.529. The van der Waals surface area contributed by atoms with Gasteiger partial charge in [-0.25, -0.2) is 9.67 Å². The van der Waals surface area contributed by atoms with Crippen molar-refractivity contribution in [2.45, 2.75) is 59.0 Å². The van der Waals surface area contributed by atoms with Crippen molar-refractivity contribution in [1.29, 1.82) is 0 Å². The van der Waals surface area contributed by atoms with Crippen LogP contribution < -0.4 is 5.32 Å². The third-order valence-electron chi connectivity index (χ3n) is 3.84. The van der Waals surface area contributed by atoms with Crippen molar-refractivity contribution < 1.29 is 0 Å². The van der Waals surface area contributed by atoms with E-state index >= 15 is 0 Å². The van der Waals surface area contributed by atoms with Gasteiger partial charge in [0.15, 0.2) is 5.65 Å². The van der Waals surface area contributed by atoms with Crippen LogP contribution in [-0.2, 0) is 6.54 Å². The third-order valence-corrected chi connectivity index (χ3v) is 3.84. The fourth-order valence-electron chi connectivity index (χ4n) is 2.78. The summed E-state index contributed by atoms with van der Waals surface area (Å²) in [5.74, 6) is 0. The second-order valence-corrected chi connectivity index (χ2v) is 5.41. The zero-order valence-corrected chi connectivity index (χ0v) is 13.4. The van der Waals surface area contributed by atoms with Gasteiger partial charge in [0.05, 0.1) is 17.3 Å². The molecule has 114 valence electrons. The van der Waals surface area contributed by atoms with E-state index in [1.54, 1.807) is 0 Å². The van der Waals surface area contributed by atoms with Gasteiger partial charge in [0.1, 0.15) is 0 Å². The lowest BCUT2D eigenvalue weighted by atomic mass is 10.0. The largest absolute Gasteiger partial charge is 0.381 e. The summed E-state index contributed by atoms with van der Waals surface area (Å²) >= 11 is 0. The Hall–Kier alpha value is -1.84. The van der Waals surface area contributed by atoms with Crippen LogP contribution in [0.2, 0.25) is 0 Å². The number of fused-ring (bicyclic) bond motifs is 1. The molecule has 0 radical (unpaired) electrons. The molecule has 2 heterocycles. The molecule has 4 heteroatoms. The first-order valence-corrected chi connectivity index (χ1v) is 7.98. The Labute approximate surface area is 127 Å². The Balaban J connectivity index is 2.43. The summed E-state index contributed by atoms with van der Waals surface area (Å²) in [7, 11) is 0. The standard InChI is InChI=1S/C17H26N4/c1-5-9-14(10-6-2)20-16-13(7-3)11-18-17-15(16)12-19-21(17)8-4/h7,11-12,14H,3,5-6,8-10H2,1-2,4H3,(H,18,20). The molecule has 0 atom stereocenters. The van der Waals surface area contributed by atoms with Crippen LogP contribution >= 0.6 is 0 Å². The van der Waals surface area contributed by atoms with Crippen LogP contribution in [0.1, 0.15) is 52.0 Å². The number of aromatic nitrogens is 3. The number of hydrogen-bond donors (Lipinski definition) is 1. The van der Waals surface area contributed by atoms with Gasteiger partial charge in [0.25, 0.3) is 0 Å². The number of hydrogen-bond acceptors (Lipinski definition) is 3. The molecular weight excluding hydrogens is 260 g/mol. The number of nitrogens with one attached hydrogen (secondary N) is 1. The van der Waals surface area contributed by atoms with Gasteiger partial charge < -0.3 is 5.32 Å². The zero-order valence-electron chi connectivity index (χ0n) is 13.4. The van der Waals surface area contributed by atoms with Crippen LogP contribution in [0, 0.1) is 0 Å². The smallest absolute Gasteiger partial charge is 0.159 e. The molecule has 0 unspecified atom stereocenters. The number of aryl methyl sites for hydroxylation is 1. The highest BCUT2D eigenvalue weighted by Gasteiger charge is 2.14. The third kappa shape index (κ3) is 3.26. The zero-order chi connectivity index (χ0) is 15.2. The summed E-state index contributed by atoms with van der Waals surface area (Å²) in [6, 6.07) is 0.495. The number of pyridine rings is 1. The Morgan fingerprint density at radius 1 is 1.24 bits per heavy atom. The minimum Gasteiger partial charge on any atom is -0.381 e. The van der Waals surface area contributed by atoms with Crippen molar-refractivity contribution in [3.63, 3.8) is 0 Å². The van der Waals surface area contributed by atoms with E-state index in [-0.39, 0.29) is 0 Å². The molecule has 0 saturated heterocycles. The summed E-state index contributed by atoms with van der Waals surface area (Å²) in [4.78, 5) is 4.53. The summed E-state index contributed by atoms with van der Waals surface area (Å²) < 4.78 is 1.93. The molecule has 0 fully saturated rings. The van der Waals surface area contributed by atoms with Crippen LogP contribution in [0.4, 0.5) is 5.69 Å². The normalized spacial score (nSPS) is 11.2. The van der Waals surface area contributed by atoms with Crippen molar-refractivity contribution in [2.24, 2.45) is 0 Å². The van der Waals surface area contributed by atoms with Crippen LogP contribution in [0.15, 0.2) is 19.0 Å². The molecule has 4 nitrogen and oxygen atoms in total. The first kappa shape index (κ1) is 15.5. The van der Waals surface area contributed by atoms with Gasteiger partial charge in [0, 0.05) is 24.3 Å². The predicted octanol–water partition coefficient (Wildman–Crippen LogP) is 4.47. The molecule has 0 amide bonds. The monoisotopic (exact) mass is 286 g/mol. The molecule has 2 aromatic rings. The highest BCUT2D eigenvalue weighted by molar-refractivity contribution is 5.93. The highest BCUT2D eigenvalue weighted by Crippen LogP contribution is 2.28. The molecule has 1 N–H and O–H groups in total. The summed E-state index contributed by atoms with van der Waals surface area (Å²) in [5.41, 5.74) is 3.12. The lowest BCUT2D eigenvalue weighted by molar-refractivity contribution is 0.586. The SMILES string of the molecule is C=Cc1cnc2c(cnn2CC)c1NC(CCC)CCC. The minimum absolute atomic E-state index is 0.495. The highest BCUT2D eigenvalue weighted by atomic mass is 15.3. The maximum atomic E-state index is 4.53. The van der Waals surface area contributed by atoms with Gasteiger partial charge in [-0.1, -0.05) is 39.3 Å².